The van der Waals surface area contributed by atoms with Crippen molar-refractivity contribution < 1.29 is 4.74 Å². The Balaban J connectivity index is 1.92. The molecule has 1 aliphatic heterocycles. The monoisotopic (exact) mass is 184 g/mol. The molecule has 13 heavy (non-hydrogen) atoms. The first-order chi connectivity index (χ1) is 6.31. The van der Waals surface area contributed by atoms with Crippen molar-refractivity contribution in [1.82, 2.24) is 4.90 Å². The van der Waals surface area contributed by atoms with E-state index in [1.54, 1.807) is 0 Å². The lowest BCUT2D eigenvalue weighted by Crippen LogP contribution is -2.40. The lowest BCUT2D eigenvalue weighted by atomic mass is 10.2. The third-order valence-electron chi connectivity index (χ3n) is 3.45. The molecule has 3 heteroatoms. The van der Waals surface area contributed by atoms with Crippen molar-refractivity contribution >= 4 is 0 Å². The second-order valence-electron chi connectivity index (χ2n) is 4.32. The summed E-state index contributed by atoms with van der Waals surface area (Å²) in [5, 5.41) is 0. The molecule has 2 N–H and O–H groups in total. The molecule has 0 amide bonds. The Kier molecular flexibility index (Phi) is 2.86. The minimum absolute atomic E-state index is 0.401. The van der Waals surface area contributed by atoms with Gasteiger partial charge in [-0.3, -0.25) is 4.90 Å². The molecule has 1 saturated heterocycles. The average Bonchev–Trinajstić information content (AvgIpc) is 2.71. The molecule has 2 rings (SSSR count). The van der Waals surface area contributed by atoms with E-state index in [0.717, 1.165) is 13.0 Å². The molecular weight excluding hydrogens is 164 g/mol. The highest BCUT2D eigenvalue weighted by Gasteiger charge is 2.34. The Morgan fingerprint density at radius 2 is 2.15 bits per heavy atom. The number of methoxy groups -OCH3 is 1. The summed E-state index contributed by atoms with van der Waals surface area (Å²) in [7, 11) is 1.83. The van der Waals surface area contributed by atoms with Gasteiger partial charge in [-0.2, -0.15) is 0 Å². The lowest BCUT2D eigenvalue weighted by molar-refractivity contribution is 0.0419. The van der Waals surface area contributed by atoms with Gasteiger partial charge in [0.15, 0.2) is 0 Å². The molecule has 3 nitrogen and oxygen atoms in total. The maximum atomic E-state index is 5.90. The average molecular weight is 184 g/mol. The Morgan fingerprint density at radius 1 is 1.31 bits per heavy atom. The number of hydrogen-bond donors (Lipinski definition) is 1. The SMILES string of the molecule is COC1CCCC1N1CCC(N)C1. The highest BCUT2D eigenvalue weighted by atomic mass is 16.5. The van der Waals surface area contributed by atoms with Gasteiger partial charge in [-0.25, -0.2) is 0 Å². The Labute approximate surface area is 80.2 Å². The van der Waals surface area contributed by atoms with Crippen LogP contribution in [0.2, 0.25) is 0 Å². The summed E-state index contributed by atoms with van der Waals surface area (Å²) in [5.74, 6) is 0. The lowest BCUT2D eigenvalue weighted by Gasteiger charge is -2.28. The minimum Gasteiger partial charge on any atom is -0.380 e. The van der Waals surface area contributed by atoms with Crippen LogP contribution in [0.5, 0.6) is 0 Å². The molecule has 1 aliphatic carbocycles. The number of hydrogen-bond acceptors (Lipinski definition) is 3. The quantitative estimate of drug-likeness (QED) is 0.682. The van der Waals surface area contributed by atoms with E-state index < -0.39 is 0 Å². The zero-order valence-electron chi connectivity index (χ0n) is 8.41. The van der Waals surface area contributed by atoms with Gasteiger partial charge < -0.3 is 10.5 Å². The fourth-order valence-electron chi connectivity index (χ4n) is 2.72. The van der Waals surface area contributed by atoms with E-state index in [0.29, 0.717) is 18.2 Å². The van der Waals surface area contributed by atoms with Crippen molar-refractivity contribution in [3.63, 3.8) is 0 Å². The Bertz CT molecular complexity index is 174. The van der Waals surface area contributed by atoms with Gasteiger partial charge in [0.05, 0.1) is 6.10 Å². The van der Waals surface area contributed by atoms with Crippen LogP contribution in [0.1, 0.15) is 25.7 Å². The van der Waals surface area contributed by atoms with Crippen LogP contribution in [0.25, 0.3) is 0 Å². The van der Waals surface area contributed by atoms with Crippen molar-refractivity contribution in [2.75, 3.05) is 20.2 Å². The minimum atomic E-state index is 0.401. The molecule has 0 aromatic rings. The van der Waals surface area contributed by atoms with Crippen LogP contribution in [0.3, 0.4) is 0 Å². The number of nitrogens with zero attached hydrogens (tertiary/aromatic N) is 1. The third-order valence-corrected chi connectivity index (χ3v) is 3.45. The van der Waals surface area contributed by atoms with Gasteiger partial charge in [0.2, 0.25) is 0 Å². The molecule has 0 radical (unpaired) electrons. The number of likely N-dealkylation sites (tertiary alicyclic amines) is 1. The molecule has 2 aliphatic rings. The molecule has 0 aromatic carbocycles. The standard InChI is InChI=1S/C10H20N2O/c1-13-10-4-2-3-9(10)12-6-5-8(11)7-12/h8-10H,2-7,11H2,1H3. The van der Waals surface area contributed by atoms with E-state index in [1.165, 1.54) is 25.8 Å². The van der Waals surface area contributed by atoms with E-state index >= 15 is 0 Å². The number of nitrogens with two attached hydrogens (primary N) is 1. The van der Waals surface area contributed by atoms with E-state index in [2.05, 4.69) is 4.90 Å². The van der Waals surface area contributed by atoms with Crippen molar-refractivity contribution in [3.8, 4) is 0 Å². The van der Waals surface area contributed by atoms with Crippen LogP contribution in [-0.2, 0) is 4.74 Å². The maximum Gasteiger partial charge on any atom is 0.0726 e. The van der Waals surface area contributed by atoms with Gasteiger partial charge in [0, 0.05) is 32.3 Å². The molecule has 76 valence electrons. The number of ether oxygens (including phenoxy) is 1. The highest BCUT2D eigenvalue weighted by Crippen LogP contribution is 2.28. The second kappa shape index (κ2) is 3.95. The van der Waals surface area contributed by atoms with Crippen LogP contribution in [-0.4, -0.2) is 43.3 Å². The smallest absolute Gasteiger partial charge is 0.0726 e. The van der Waals surface area contributed by atoms with Crippen LogP contribution in [0, 0.1) is 0 Å². The molecule has 3 atom stereocenters. The van der Waals surface area contributed by atoms with E-state index in [9.17, 15) is 0 Å². The molecule has 3 unspecified atom stereocenters. The van der Waals surface area contributed by atoms with Crippen LogP contribution in [0.4, 0.5) is 0 Å². The largest absolute Gasteiger partial charge is 0.380 e. The van der Waals surface area contributed by atoms with Gasteiger partial charge in [-0.05, 0) is 25.7 Å². The zero-order valence-corrected chi connectivity index (χ0v) is 8.41. The fraction of sp³-hybridized carbons (Fsp3) is 1.00. The second-order valence-corrected chi connectivity index (χ2v) is 4.32. The molecule has 1 heterocycles. The summed E-state index contributed by atoms with van der Waals surface area (Å²) in [5.41, 5.74) is 5.90. The topological polar surface area (TPSA) is 38.5 Å². The zero-order chi connectivity index (χ0) is 9.26. The normalized spacial score (nSPS) is 41.5. The van der Waals surface area contributed by atoms with E-state index in [-0.39, 0.29) is 0 Å². The summed E-state index contributed by atoms with van der Waals surface area (Å²) in [4.78, 5) is 2.52. The molecule has 0 spiro atoms. The predicted octanol–water partition coefficient (Wildman–Crippen LogP) is 0.587. The molecular formula is C10H20N2O. The van der Waals surface area contributed by atoms with Crippen molar-refractivity contribution in [3.05, 3.63) is 0 Å². The number of rotatable bonds is 2. The Hall–Kier alpha value is -0.120. The van der Waals surface area contributed by atoms with Gasteiger partial charge in [0.1, 0.15) is 0 Å². The van der Waals surface area contributed by atoms with Crippen molar-refractivity contribution in [1.29, 1.82) is 0 Å². The third kappa shape index (κ3) is 1.87. The Morgan fingerprint density at radius 3 is 2.77 bits per heavy atom. The summed E-state index contributed by atoms with van der Waals surface area (Å²) in [6.07, 6.45) is 5.46. The van der Waals surface area contributed by atoms with E-state index in [1.807, 2.05) is 7.11 Å². The first-order valence-corrected chi connectivity index (χ1v) is 5.33. The summed E-state index contributed by atoms with van der Waals surface area (Å²) in [6.45, 7) is 2.25. The highest BCUT2D eigenvalue weighted by molar-refractivity contribution is 4.91. The van der Waals surface area contributed by atoms with Crippen molar-refractivity contribution in [2.45, 2.75) is 43.9 Å². The van der Waals surface area contributed by atoms with Crippen LogP contribution < -0.4 is 5.73 Å². The van der Waals surface area contributed by atoms with Gasteiger partial charge >= 0.3 is 0 Å². The summed E-state index contributed by atoms with van der Waals surface area (Å²) in [6, 6.07) is 1.05. The predicted molar refractivity (Wildman–Crippen MR) is 52.6 cm³/mol. The van der Waals surface area contributed by atoms with Gasteiger partial charge in [-0.1, -0.05) is 0 Å². The first kappa shape index (κ1) is 9.44. The van der Waals surface area contributed by atoms with Gasteiger partial charge in [0.25, 0.3) is 0 Å². The molecule has 1 saturated carbocycles. The molecule has 0 bridgehead atoms. The first-order valence-electron chi connectivity index (χ1n) is 5.33. The van der Waals surface area contributed by atoms with Crippen LogP contribution >= 0.6 is 0 Å². The van der Waals surface area contributed by atoms with Crippen LogP contribution in [0.15, 0.2) is 0 Å². The summed E-state index contributed by atoms with van der Waals surface area (Å²) >= 11 is 0. The van der Waals surface area contributed by atoms with E-state index in [4.69, 9.17) is 10.5 Å². The fourth-order valence-corrected chi connectivity index (χ4v) is 2.72. The van der Waals surface area contributed by atoms with Gasteiger partial charge in [-0.15, -0.1) is 0 Å². The maximum absolute atomic E-state index is 5.90. The van der Waals surface area contributed by atoms with Crippen molar-refractivity contribution in [2.24, 2.45) is 5.73 Å². The molecule has 2 fully saturated rings. The summed E-state index contributed by atoms with van der Waals surface area (Å²) < 4.78 is 5.49. The molecule has 0 aromatic heterocycles.